The fraction of sp³-hybridized carbons (Fsp3) is 0.960. The van der Waals surface area contributed by atoms with Crippen LogP contribution in [0.2, 0.25) is 0 Å². The molecule has 0 bridgehead atoms. The van der Waals surface area contributed by atoms with E-state index in [4.69, 9.17) is 10.2 Å². The molecule has 6 heteroatoms. The lowest BCUT2D eigenvalue weighted by Crippen LogP contribution is -2.29. The van der Waals surface area contributed by atoms with Crippen LogP contribution in [0, 0.1) is 0 Å². The zero-order valence-corrected chi connectivity index (χ0v) is 37.5. The number of hydrogen-bond donors (Lipinski definition) is 3. The molecule has 0 atom stereocenters. The quantitative estimate of drug-likeness (QED) is 0.0531. The molecule has 3 N–H and O–H groups in total. The van der Waals surface area contributed by atoms with Gasteiger partial charge in [-0.25, -0.2) is 0 Å². The second-order valence-electron chi connectivity index (χ2n) is 17.7. The molecule has 0 aliphatic heterocycles. The van der Waals surface area contributed by atoms with Gasteiger partial charge in [-0.3, -0.25) is 9.59 Å². The van der Waals surface area contributed by atoms with E-state index >= 15 is 0 Å². The van der Waals surface area contributed by atoms with Crippen molar-refractivity contribution in [3.8, 4) is 0 Å². The smallest absolute Gasteiger partial charge is 0.303 e. The van der Waals surface area contributed by atoms with Crippen molar-refractivity contribution in [2.75, 3.05) is 26.2 Å². The zero-order valence-electron chi connectivity index (χ0n) is 37.5. The van der Waals surface area contributed by atoms with E-state index in [0.717, 1.165) is 45.3 Å². The fourth-order valence-corrected chi connectivity index (χ4v) is 8.42. The van der Waals surface area contributed by atoms with Gasteiger partial charge in [0, 0.05) is 19.4 Å². The number of hydrogen-bond acceptors (Lipinski definition) is 4. The number of aliphatic hydroxyl groups is 1. The van der Waals surface area contributed by atoms with E-state index in [1.165, 1.54) is 244 Å². The van der Waals surface area contributed by atoms with E-state index in [2.05, 4.69) is 4.90 Å². The van der Waals surface area contributed by atoms with Crippen LogP contribution in [0.1, 0.15) is 283 Å². The van der Waals surface area contributed by atoms with Gasteiger partial charge in [-0.15, -0.1) is 0 Å². The summed E-state index contributed by atoms with van der Waals surface area (Å²) >= 11 is 0. The Morgan fingerprint density at radius 3 is 0.571 bits per heavy atom. The van der Waals surface area contributed by atoms with Gasteiger partial charge in [0.15, 0.2) is 0 Å². The van der Waals surface area contributed by atoms with E-state index in [1.807, 2.05) is 0 Å². The lowest BCUT2D eigenvalue weighted by Gasteiger charge is -2.21. The summed E-state index contributed by atoms with van der Waals surface area (Å²) in [6.45, 7) is 3.47. The van der Waals surface area contributed by atoms with E-state index in [-0.39, 0.29) is 0 Å². The van der Waals surface area contributed by atoms with Crippen molar-refractivity contribution >= 4 is 11.9 Å². The lowest BCUT2D eigenvalue weighted by molar-refractivity contribution is -0.138. The topological polar surface area (TPSA) is 98.1 Å². The van der Waals surface area contributed by atoms with E-state index in [1.54, 1.807) is 0 Å². The molecule has 0 spiro atoms. The Balaban J connectivity index is 3.32. The third-order valence-corrected chi connectivity index (χ3v) is 12.1. The van der Waals surface area contributed by atoms with Crippen LogP contribution in [-0.2, 0) is 9.59 Å². The van der Waals surface area contributed by atoms with Crippen molar-refractivity contribution in [2.24, 2.45) is 0 Å². The summed E-state index contributed by atoms with van der Waals surface area (Å²) in [6, 6.07) is 0. The number of nitrogens with zero attached hydrogens (tertiary/aromatic N) is 1. The van der Waals surface area contributed by atoms with Gasteiger partial charge in [0.05, 0.1) is 6.61 Å². The Labute approximate surface area is 349 Å². The van der Waals surface area contributed by atoms with Gasteiger partial charge in [0.1, 0.15) is 0 Å². The predicted octanol–water partition coefficient (Wildman–Crippen LogP) is 15.6. The van der Waals surface area contributed by atoms with E-state index < -0.39 is 11.9 Å². The van der Waals surface area contributed by atoms with Crippen molar-refractivity contribution in [1.29, 1.82) is 0 Å². The van der Waals surface area contributed by atoms with Crippen molar-refractivity contribution in [2.45, 2.75) is 283 Å². The Hall–Kier alpha value is -1.14. The number of carbonyl (C=O) groups is 2. The molecule has 0 saturated carbocycles. The minimum Gasteiger partial charge on any atom is -0.481 e. The maximum Gasteiger partial charge on any atom is 0.303 e. The second kappa shape index (κ2) is 48.2. The highest BCUT2D eigenvalue weighted by atomic mass is 16.4. The largest absolute Gasteiger partial charge is 0.481 e. The van der Waals surface area contributed by atoms with Crippen LogP contribution in [0.15, 0.2) is 0 Å². The molecule has 0 aromatic heterocycles. The number of carboxylic acid groups (broad SMARTS) is 2. The highest BCUT2D eigenvalue weighted by molar-refractivity contribution is 5.66. The third kappa shape index (κ3) is 49.0. The van der Waals surface area contributed by atoms with Crippen molar-refractivity contribution in [3.05, 3.63) is 0 Å². The minimum atomic E-state index is -0.656. The number of aliphatic hydroxyl groups excluding tert-OH is 1. The molecule has 6 nitrogen and oxygen atoms in total. The summed E-state index contributed by atoms with van der Waals surface area (Å²) < 4.78 is 0. The summed E-state index contributed by atoms with van der Waals surface area (Å²) in [5.74, 6) is -1.31. The normalized spacial score (nSPS) is 11.6. The van der Waals surface area contributed by atoms with Crippen molar-refractivity contribution in [1.82, 2.24) is 4.90 Å². The van der Waals surface area contributed by atoms with Crippen LogP contribution in [0.25, 0.3) is 0 Å². The van der Waals surface area contributed by atoms with Crippen molar-refractivity contribution in [3.63, 3.8) is 0 Å². The van der Waals surface area contributed by atoms with Gasteiger partial charge in [0.2, 0.25) is 0 Å². The molecular formula is C50H99NO5. The number of aliphatic carboxylic acids is 2. The molecule has 0 fully saturated rings. The van der Waals surface area contributed by atoms with Gasteiger partial charge < -0.3 is 20.2 Å². The maximum absolute atomic E-state index is 10.5. The van der Waals surface area contributed by atoms with Gasteiger partial charge in [-0.1, -0.05) is 244 Å². The van der Waals surface area contributed by atoms with Crippen LogP contribution in [0.5, 0.6) is 0 Å². The SMILES string of the molecule is O=C(O)CCCCCCCCCCCCCCCCCCCCCCCN(CCO)CCCCCCCCCCCCCCCCCCCCCCCC(=O)O. The average Bonchev–Trinajstić information content (AvgIpc) is 3.18. The molecule has 0 aliphatic rings. The molecule has 0 aliphatic carbocycles. The zero-order chi connectivity index (χ0) is 40.7. The molecular weight excluding hydrogens is 695 g/mol. The highest BCUT2D eigenvalue weighted by Crippen LogP contribution is 2.17. The van der Waals surface area contributed by atoms with Gasteiger partial charge in [-0.2, -0.15) is 0 Å². The average molecular weight is 794 g/mol. The van der Waals surface area contributed by atoms with Crippen LogP contribution >= 0.6 is 0 Å². The van der Waals surface area contributed by atoms with Crippen LogP contribution in [0.4, 0.5) is 0 Å². The Bertz CT molecular complexity index is 717. The molecule has 0 radical (unpaired) electrons. The molecule has 0 unspecified atom stereocenters. The summed E-state index contributed by atoms with van der Waals surface area (Å²) in [4.78, 5) is 23.6. The fourth-order valence-electron chi connectivity index (χ4n) is 8.42. The molecule has 0 heterocycles. The van der Waals surface area contributed by atoms with Gasteiger partial charge >= 0.3 is 11.9 Å². The Morgan fingerprint density at radius 2 is 0.411 bits per heavy atom. The van der Waals surface area contributed by atoms with Crippen LogP contribution < -0.4 is 0 Å². The van der Waals surface area contributed by atoms with Crippen LogP contribution in [-0.4, -0.2) is 58.4 Å². The van der Waals surface area contributed by atoms with Crippen molar-refractivity contribution < 1.29 is 24.9 Å². The van der Waals surface area contributed by atoms with E-state index in [0.29, 0.717) is 19.4 Å². The standard InChI is InChI=1S/C50H99NO5/c52-48-47-51(45-41-37-33-29-25-21-17-13-9-5-1-3-7-11-15-19-23-27-31-35-39-43-49(53)54)46-42-38-34-30-26-22-18-14-10-6-2-4-8-12-16-20-24-28-32-36-40-44-50(55)56/h52H,1-48H2,(H,53,54)(H,55,56). The molecule has 0 saturated heterocycles. The molecule has 334 valence electrons. The first-order valence-electron chi connectivity index (χ1n) is 25.3. The predicted molar refractivity (Wildman–Crippen MR) is 242 cm³/mol. The van der Waals surface area contributed by atoms with Crippen LogP contribution in [0.3, 0.4) is 0 Å². The summed E-state index contributed by atoms with van der Waals surface area (Å²) in [7, 11) is 0. The van der Waals surface area contributed by atoms with E-state index in [9.17, 15) is 14.7 Å². The summed E-state index contributed by atoms with van der Waals surface area (Å²) in [6.07, 6.45) is 56.7. The van der Waals surface area contributed by atoms with Gasteiger partial charge in [-0.05, 0) is 38.8 Å². The molecule has 0 rings (SSSR count). The third-order valence-electron chi connectivity index (χ3n) is 12.1. The number of carboxylic acids is 2. The first-order chi connectivity index (χ1) is 27.6. The summed E-state index contributed by atoms with van der Waals surface area (Å²) in [5, 5.41) is 26.9. The molecule has 0 amide bonds. The highest BCUT2D eigenvalue weighted by Gasteiger charge is 2.05. The first-order valence-corrected chi connectivity index (χ1v) is 25.3. The lowest BCUT2D eigenvalue weighted by atomic mass is 10.0. The summed E-state index contributed by atoms with van der Waals surface area (Å²) in [5.41, 5.74) is 0. The Kier molecular flexibility index (Phi) is 47.2. The number of unbranched alkanes of at least 4 members (excludes halogenated alkanes) is 40. The molecule has 0 aromatic rings. The molecule has 0 aromatic carbocycles. The Morgan fingerprint density at radius 1 is 0.250 bits per heavy atom. The second-order valence-corrected chi connectivity index (χ2v) is 17.7. The minimum absolute atomic E-state index is 0.293. The number of rotatable bonds is 50. The first kappa shape index (κ1) is 54.9. The molecule has 56 heavy (non-hydrogen) atoms. The van der Waals surface area contributed by atoms with Gasteiger partial charge in [0.25, 0.3) is 0 Å². The monoisotopic (exact) mass is 794 g/mol. The maximum atomic E-state index is 10.5.